The second-order valence-electron chi connectivity index (χ2n) is 6.48. The summed E-state index contributed by atoms with van der Waals surface area (Å²) in [7, 11) is 0. The number of hydrogen-bond donors (Lipinski definition) is 0. The highest BCUT2D eigenvalue weighted by atomic mass is 35.5. The Morgan fingerprint density at radius 2 is 1.86 bits per heavy atom. The van der Waals surface area contributed by atoms with Crippen LogP contribution in [0, 0.1) is 0 Å². The average Bonchev–Trinajstić information content (AvgIpc) is 3.29. The minimum atomic E-state index is 0.119. The number of thioether (sulfide) groups is 2. The molecule has 8 heteroatoms. The lowest BCUT2D eigenvalue weighted by Crippen LogP contribution is -2.36. The molecule has 0 N–H and O–H groups in total. The summed E-state index contributed by atoms with van der Waals surface area (Å²) in [5, 5.41) is 9.20. The molecule has 1 aliphatic heterocycles. The zero-order chi connectivity index (χ0) is 19.5. The number of carbonyl (C=O) groups is 1. The standard InChI is InChI=1S/C20H18ClN3OS3/c1-13-10-15-4-2-3-5-17(15)24(13)18(25)12-27-20-23-22-19(28-20)26-11-14-6-8-16(21)9-7-14/h2-9,13H,10-12H2,1H3/t13-/m1/s1. The van der Waals surface area contributed by atoms with E-state index in [0.717, 1.165) is 31.6 Å². The van der Waals surface area contributed by atoms with Gasteiger partial charge in [-0.15, -0.1) is 10.2 Å². The quantitative estimate of drug-likeness (QED) is 0.463. The van der Waals surface area contributed by atoms with E-state index in [-0.39, 0.29) is 11.9 Å². The molecule has 0 fully saturated rings. The van der Waals surface area contributed by atoms with Gasteiger partial charge in [-0.1, -0.05) is 76.8 Å². The van der Waals surface area contributed by atoms with Gasteiger partial charge in [0, 0.05) is 22.5 Å². The summed E-state index contributed by atoms with van der Waals surface area (Å²) in [6.07, 6.45) is 0.914. The van der Waals surface area contributed by atoms with Crippen LogP contribution in [0.25, 0.3) is 0 Å². The summed E-state index contributed by atoms with van der Waals surface area (Å²) in [6.45, 7) is 2.10. The fraction of sp³-hybridized carbons (Fsp3) is 0.250. The van der Waals surface area contributed by atoms with E-state index < -0.39 is 0 Å². The van der Waals surface area contributed by atoms with Crippen molar-refractivity contribution >= 4 is 58.1 Å². The molecule has 1 atom stereocenters. The molecular formula is C20H18ClN3OS3. The fourth-order valence-electron chi connectivity index (χ4n) is 3.18. The van der Waals surface area contributed by atoms with Gasteiger partial charge in [0.05, 0.1) is 5.75 Å². The van der Waals surface area contributed by atoms with E-state index in [1.807, 2.05) is 47.4 Å². The average molecular weight is 448 g/mol. The molecule has 4 rings (SSSR count). The van der Waals surface area contributed by atoms with E-state index in [1.165, 1.54) is 34.2 Å². The van der Waals surface area contributed by atoms with Crippen LogP contribution in [-0.4, -0.2) is 27.9 Å². The maximum Gasteiger partial charge on any atom is 0.237 e. The molecule has 1 aromatic heterocycles. The third-order valence-electron chi connectivity index (χ3n) is 4.46. The normalized spacial score (nSPS) is 15.6. The number of fused-ring (bicyclic) bond motifs is 1. The van der Waals surface area contributed by atoms with Crippen molar-refractivity contribution in [2.24, 2.45) is 0 Å². The molecule has 4 nitrogen and oxygen atoms in total. The van der Waals surface area contributed by atoms with E-state index in [0.29, 0.717) is 5.75 Å². The molecule has 1 aliphatic rings. The van der Waals surface area contributed by atoms with Gasteiger partial charge in [-0.05, 0) is 42.7 Å². The Balaban J connectivity index is 1.32. The highest BCUT2D eigenvalue weighted by molar-refractivity contribution is 8.03. The lowest BCUT2D eigenvalue weighted by atomic mass is 10.1. The predicted octanol–water partition coefficient (Wildman–Crippen LogP) is 5.55. The van der Waals surface area contributed by atoms with E-state index in [2.05, 4.69) is 23.2 Å². The molecule has 0 saturated carbocycles. The maximum atomic E-state index is 12.8. The predicted molar refractivity (Wildman–Crippen MR) is 119 cm³/mol. The van der Waals surface area contributed by atoms with Crippen LogP contribution in [0.1, 0.15) is 18.1 Å². The van der Waals surface area contributed by atoms with Crippen LogP contribution in [0.3, 0.4) is 0 Å². The van der Waals surface area contributed by atoms with E-state index in [4.69, 9.17) is 11.6 Å². The van der Waals surface area contributed by atoms with Crippen LogP contribution in [0.4, 0.5) is 5.69 Å². The molecule has 0 saturated heterocycles. The van der Waals surface area contributed by atoms with Crippen LogP contribution >= 0.6 is 46.5 Å². The number of nitrogens with zero attached hydrogens (tertiary/aromatic N) is 3. The summed E-state index contributed by atoms with van der Waals surface area (Å²) in [5.74, 6) is 1.31. The van der Waals surface area contributed by atoms with E-state index in [9.17, 15) is 4.79 Å². The second-order valence-corrected chi connectivity index (χ2v) is 10.3. The van der Waals surface area contributed by atoms with Crippen molar-refractivity contribution in [2.75, 3.05) is 10.7 Å². The molecule has 0 unspecified atom stereocenters. The number of aromatic nitrogens is 2. The summed E-state index contributed by atoms with van der Waals surface area (Å²) >= 11 is 10.6. The number of halogens is 1. The Morgan fingerprint density at radius 3 is 2.64 bits per heavy atom. The molecule has 3 aromatic rings. The second kappa shape index (κ2) is 8.86. The third kappa shape index (κ3) is 4.54. The monoisotopic (exact) mass is 447 g/mol. The molecule has 0 bridgehead atoms. The molecule has 0 aliphatic carbocycles. The minimum absolute atomic E-state index is 0.119. The fourth-order valence-corrected chi connectivity index (χ4v) is 6.14. The van der Waals surface area contributed by atoms with E-state index >= 15 is 0 Å². The zero-order valence-electron chi connectivity index (χ0n) is 15.2. The van der Waals surface area contributed by atoms with Gasteiger partial charge in [0.2, 0.25) is 5.91 Å². The molecule has 1 amide bonds. The summed E-state index contributed by atoms with van der Waals surface area (Å²) < 4.78 is 1.73. The summed E-state index contributed by atoms with van der Waals surface area (Å²) in [5.41, 5.74) is 3.47. The number of benzene rings is 2. The molecular weight excluding hydrogens is 430 g/mol. The highest BCUT2D eigenvalue weighted by Crippen LogP contribution is 2.34. The van der Waals surface area contributed by atoms with E-state index in [1.54, 1.807) is 11.8 Å². The summed E-state index contributed by atoms with van der Waals surface area (Å²) in [6, 6.07) is 16.1. The Hall–Kier alpha value is -1.54. The first-order valence-electron chi connectivity index (χ1n) is 8.83. The number of hydrogen-bond acceptors (Lipinski definition) is 6. The highest BCUT2D eigenvalue weighted by Gasteiger charge is 2.30. The number of carbonyl (C=O) groups excluding carboxylic acids is 1. The van der Waals surface area contributed by atoms with Crippen LogP contribution in [0.5, 0.6) is 0 Å². The van der Waals surface area contributed by atoms with Crippen LogP contribution < -0.4 is 4.90 Å². The Kier molecular flexibility index (Phi) is 6.25. The number of amides is 1. The van der Waals surface area contributed by atoms with Gasteiger partial charge in [-0.2, -0.15) is 0 Å². The van der Waals surface area contributed by atoms with Gasteiger partial charge >= 0.3 is 0 Å². The van der Waals surface area contributed by atoms with Gasteiger partial charge in [-0.3, -0.25) is 4.79 Å². The van der Waals surface area contributed by atoms with Crippen molar-refractivity contribution in [1.82, 2.24) is 10.2 Å². The van der Waals surface area contributed by atoms with Crippen LogP contribution in [0.2, 0.25) is 5.02 Å². The zero-order valence-corrected chi connectivity index (χ0v) is 18.4. The molecule has 0 spiro atoms. The minimum Gasteiger partial charge on any atom is -0.308 e. The topological polar surface area (TPSA) is 46.1 Å². The maximum absolute atomic E-state index is 12.8. The number of anilines is 1. The molecule has 28 heavy (non-hydrogen) atoms. The van der Waals surface area contributed by atoms with Crippen molar-refractivity contribution in [1.29, 1.82) is 0 Å². The summed E-state index contributed by atoms with van der Waals surface area (Å²) in [4.78, 5) is 14.7. The Morgan fingerprint density at radius 1 is 1.14 bits per heavy atom. The molecule has 2 heterocycles. The van der Waals surface area contributed by atoms with Crippen LogP contribution in [-0.2, 0) is 17.0 Å². The largest absolute Gasteiger partial charge is 0.308 e. The molecule has 2 aromatic carbocycles. The number of para-hydroxylation sites is 1. The first-order chi connectivity index (χ1) is 13.6. The Labute approximate surface area is 181 Å². The Bertz CT molecular complexity index is 977. The first kappa shape index (κ1) is 19.8. The van der Waals surface area contributed by atoms with Gasteiger partial charge in [0.25, 0.3) is 0 Å². The molecule has 0 radical (unpaired) electrons. The van der Waals surface area contributed by atoms with Crippen molar-refractivity contribution in [3.8, 4) is 0 Å². The SMILES string of the molecule is C[C@@H]1Cc2ccccc2N1C(=O)CSc1nnc(SCc2ccc(Cl)cc2)s1. The van der Waals surface area contributed by atoms with Gasteiger partial charge in [-0.25, -0.2) is 0 Å². The first-order valence-corrected chi connectivity index (χ1v) is 12.0. The number of rotatable bonds is 6. The smallest absolute Gasteiger partial charge is 0.237 e. The van der Waals surface area contributed by atoms with Crippen molar-refractivity contribution in [3.63, 3.8) is 0 Å². The third-order valence-corrected chi connectivity index (χ3v) is 7.96. The van der Waals surface area contributed by atoms with Crippen LogP contribution in [0.15, 0.2) is 57.2 Å². The van der Waals surface area contributed by atoms with Crippen molar-refractivity contribution in [2.45, 2.75) is 33.8 Å². The van der Waals surface area contributed by atoms with Crippen molar-refractivity contribution < 1.29 is 4.79 Å². The van der Waals surface area contributed by atoms with Gasteiger partial charge in [0.1, 0.15) is 0 Å². The van der Waals surface area contributed by atoms with Gasteiger partial charge in [0.15, 0.2) is 8.68 Å². The lowest BCUT2D eigenvalue weighted by molar-refractivity contribution is -0.116. The lowest BCUT2D eigenvalue weighted by Gasteiger charge is -2.22. The molecule has 144 valence electrons. The van der Waals surface area contributed by atoms with Gasteiger partial charge < -0.3 is 4.90 Å². The van der Waals surface area contributed by atoms with Crippen molar-refractivity contribution in [3.05, 3.63) is 64.7 Å².